The molecule has 0 radical (unpaired) electrons. The number of rotatable bonds is 6. The molecule has 0 unspecified atom stereocenters. The topological polar surface area (TPSA) is 71.6 Å². The van der Waals surface area contributed by atoms with Gasteiger partial charge in [-0.1, -0.05) is 12.1 Å². The van der Waals surface area contributed by atoms with Gasteiger partial charge in [0.2, 0.25) is 0 Å². The number of carbonyl (C=O) groups is 2. The lowest BCUT2D eigenvalue weighted by Crippen LogP contribution is -2.07. The lowest BCUT2D eigenvalue weighted by Gasteiger charge is -2.03. The molecule has 5 nitrogen and oxygen atoms in total. The van der Waals surface area contributed by atoms with Crippen LogP contribution in [0.2, 0.25) is 0 Å². The van der Waals surface area contributed by atoms with E-state index < -0.39 is 5.97 Å². The molecule has 0 saturated heterocycles. The second-order valence-electron chi connectivity index (χ2n) is 5.20. The third-order valence-electron chi connectivity index (χ3n) is 3.61. The number of fused-ring (bicyclic) bond motifs is 1. The number of Topliss-reactive ketones (excluding diaryl/α,β-unsaturated/α-hetero) is 1. The molecule has 24 heavy (non-hydrogen) atoms. The maximum Gasteiger partial charge on any atom is 0.306 e. The van der Waals surface area contributed by atoms with Gasteiger partial charge in [0.15, 0.2) is 5.78 Å². The first-order valence-electron chi connectivity index (χ1n) is 7.40. The van der Waals surface area contributed by atoms with Crippen molar-refractivity contribution in [2.45, 2.75) is 19.4 Å². The second-order valence-corrected chi connectivity index (χ2v) is 6.14. The van der Waals surface area contributed by atoms with E-state index in [2.05, 4.69) is 6.07 Å². The Labute approximate surface area is 142 Å². The molecule has 0 aliphatic rings. The Kier molecular flexibility index (Phi) is 4.73. The Hall–Kier alpha value is -2.91. The van der Waals surface area contributed by atoms with Crippen LogP contribution in [0.1, 0.15) is 33.6 Å². The van der Waals surface area contributed by atoms with Crippen molar-refractivity contribution in [3.05, 3.63) is 64.1 Å². The number of esters is 1. The highest BCUT2D eigenvalue weighted by molar-refractivity contribution is 7.12. The predicted octanol–water partition coefficient (Wildman–Crippen LogP) is 3.58. The van der Waals surface area contributed by atoms with Gasteiger partial charge in [0.1, 0.15) is 12.7 Å². The van der Waals surface area contributed by atoms with Crippen LogP contribution in [0.4, 0.5) is 0 Å². The number of nitrogens with zero attached hydrogens (tertiary/aromatic N) is 2. The Morgan fingerprint density at radius 2 is 2.08 bits per heavy atom. The zero-order chi connectivity index (χ0) is 16.9. The molecule has 3 aromatic rings. The van der Waals surface area contributed by atoms with Crippen LogP contribution >= 0.6 is 11.3 Å². The fourth-order valence-electron chi connectivity index (χ4n) is 2.42. The minimum absolute atomic E-state index is 0.0244. The van der Waals surface area contributed by atoms with Gasteiger partial charge in [0, 0.05) is 24.4 Å². The van der Waals surface area contributed by atoms with E-state index >= 15 is 0 Å². The maximum atomic E-state index is 11.9. The Bertz CT molecular complexity index is 920. The normalized spacial score (nSPS) is 10.5. The van der Waals surface area contributed by atoms with Gasteiger partial charge in [-0.3, -0.25) is 9.59 Å². The summed E-state index contributed by atoms with van der Waals surface area (Å²) in [4.78, 5) is 24.3. The fraction of sp³-hybridized carbons (Fsp3) is 0.167. The summed E-state index contributed by atoms with van der Waals surface area (Å²) in [6.07, 6.45) is 3.77. The minimum atomic E-state index is -0.445. The van der Waals surface area contributed by atoms with Crippen LogP contribution in [0, 0.1) is 11.3 Å². The molecule has 0 fully saturated rings. The van der Waals surface area contributed by atoms with Crippen molar-refractivity contribution < 1.29 is 14.3 Å². The smallest absolute Gasteiger partial charge is 0.306 e. The fourth-order valence-corrected chi connectivity index (χ4v) is 3.12. The molecule has 0 aliphatic carbocycles. The molecule has 0 amide bonds. The van der Waals surface area contributed by atoms with Crippen molar-refractivity contribution >= 4 is 28.6 Å². The van der Waals surface area contributed by atoms with Gasteiger partial charge in [-0.25, -0.2) is 0 Å². The van der Waals surface area contributed by atoms with E-state index in [1.54, 1.807) is 18.3 Å². The van der Waals surface area contributed by atoms with E-state index in [0.29, 0.717) is 16.0 Å². The zero-order valence-corrected chi connectivity index (χ0v) is 13.6. The molecular weight excluding hydrogens is 324 g/mol. The van der Waals surface area contributed by atoms with Gasteiger partial charge in [0.25, 0.3) is 0 Å². The summed E-state index contributed by atoms with van der Waals surface area (Å²) in [6, 6.07) is 11.2. The first-order chi connectivity index (χ1) is 11.7. The Morgan fingerprint density at radius 3 is 2.83 bits per heavy atom. The maximum absolute atomic E-state index is 11.9. The van der Waals surface area contributed by atoms with Gasteiger partial charge < -0.3 is 9.14 Å². The Morgan fingerprint density at radius 1 is 1.21 bits per heavy atom. The van der Waals surface area contributed by atoms with Crippen LogP contribution in [0.15, 0.2) is 48.1 Å². The largest absolute Gasteiger partial charge is 0.461 e. The van der Waals surface area contributed by atoms with Crippen molar-refractivity contribution in [3.63, 3.8) is 0 Å². The van der Waals surface area contributed by atoms with Gasteiger partial charge in [-0.2, -0.15) is 5.26 Å². The van der Waals surface area contributed by atoms with E-state index in [4.69, 9.17) is 4.74 Å². The third-order valence-corrected chi connectivity index (χ3v) is 4.53. The second kappa shape index (κ2) is 7.11. The van der Waals surface area contributed by atoms with Crippen LogP contribution in [0.5, 0.6) is 0 Å². The van der Waals surface area contributed by atoms with Crippen molar-refractivity contribution in [2.75, 3.05) is 0 Å². The van der Waals surface area contributed by atoms with Crippen LogP contribution < -0.4 is 0 Å². The van der Waals surface area contributed by atoms with E-state index in [1.807, 2.05) is 34.2 Å². The van der Waals surface area contributed by atoms with E-state index in [9.17, 15) is 14.9 Å². The summed E-state index contributed by atoms with van der Waals surface area (Å²) in [5, 5.41) is 11.1. The molecule has 3 rings (SSSR count). The van der Waals surface area contributed by atoms with Gasteiger partial charge in [0.05, 0.1) is 22.4 Å². The van der Waals surface area contributed by atoms with E-state index in [1.165, 1.54) is 11.3 Å². The lowest BCUT2D eigenvalue weighted by atomic mass is 10.2. The summed E-state index contributed by atoms with van der Waals surface area (Å²) < 4.78 is 7.04. The van der Waals surface area contributed by atoms with Crippen LogP contribution in [0.3, 0.4) is 0 Å². The SMILES string of the molecule is N#Cc1c(COC(=O)CCC(=O)c2cccs2)cn2ccccc12. The van der Waals surface area contributed by atoms with Crippen LogP contribution in [0.25, 0.3) is 5.52 Å². The Balaban J connectivity index is 1.59. The average molecular weight is 338 g/mol. The van der Waals surface area contributed by atoms with Crippen molar-refractivity contribution in [3.8, 4) is 6.07 Å². The highest BCUT2D eigenvalue weighted by atomic mass is 32.1. The minimum Gasteiger partial charge on any atom is -0.461 e. The number of hydrogen-bond acceptors (Lipinski definition) is 5. The van der Waals surface area contributed by atoms with Crippen molar-refractivity contribution in [1.29, 1.82) is 5.26 Å². The highest BCUT2D eigenvalue weighted by Gasteiger charge is 2.14. The molecule has 0 N–H and O–H groups in total. The molecule has 0 spiro atoms. The number of aromatic nitrogens is 1. The summed E-state index contributed by atoms with van der Waals surface area (Å²) >= 11 is 1.36. The molecule has 3 aromatic heterocycles. The summed E-state index contributed by atoms with van der Waals surface area (Å²) in [5.74, 6) is -0.506. The molecular formula is C18H14N2O3S. The molecule has 0 atom stereocenters. The standard InChI is InChI=1S/C18H14N2O3S/c19-10-14-13(11-20-8-2-1-4-15(14)20)12-23-18(22)7-6-16(21)17-5-3-9-24-17/h1-5,8-9,11H,6-7,12H2. The van der Waals surface area contributed by atoms with Crippen LogP contribution in [-0.4, -0.2) is 16.2 Å². The molecule has 120 valence electrons. The number of carbonyl (C=O) groups excluding carboxylic acids is 2. The average Bonchev–Trinajstić information content (AvgIpc) is 3.24. The van der Waals surface area contributed by atoms with Crippen LogP contribution in [-0.2, 0) is 16.1 Å². The van der Waals surface area contributed by atoms with Gasteiger partial charge in [-0.05, 0) is 23.6 Å². The predicted molar refractivity (Wildman–Crippen MR) is 89.8 cm³/mol. The molecule has 0 aromatic carbocycles. The molecule has 0 aliphatic heterocycles. The molecule has 0 saturated carbocycles. The molecule has 3 heterocycles. The molecule has 0 bridgehead atoms. The number of hydrogen-bond donors (Lipinski definition) is 0. The summed E-state index contributed by atoms with van der Waals surface area (Å²) in [7, 11) is 0. The number of ketones is 1. The first-order valence-corrected chi connectivity index (χ1v) is 8.28. The van der Waals surface area contributed by atoms with Gasteiger partial charge >= 0.3 is 5.97 Å². The van der Waals surface area contributed by atoms with E-state index in [-0.39, 0.29) is 25.2 Å². The summed E-state index contributed by atoms with van der Waals surface area (Å²) in [6.45, 7) is 0.0244. The first kappa shape index (κ1) is 16.0. The monoisotopic (exact) mass is 338 g/mol. The highest BCUT2D eigenvalue weighted by Crippen LogP contribution is 2.19. The number of pyridine rings is 1. The lowest BCUT2D eigenvalue weighted by molar-refractivity contribution is -0.144. The summed E-state index contributed by atoms with van der Waals surface area (Å²) in [5.41, 5.74) is 1.93. The zero-order valence-electron chi connectivity index (χ0n) is 12.8. The number of ether oxygens (including phenoxy) is 1. The quantitative estimate of drug-likeness (QED) is 0.509. The van der Waals surface area contributed by atoms with Crippen molar-refractivity contribution in [2.24, 2.45) is 0 Å². The van der Waals surface area contributed by atoms with E-state index in [0.717, 1.165) is 5.52 Å². The number of thiophene rings is 1. The van der Waals surface area contributed by atoms with Gasteiger partial charge in [-0.15, -0.1) is 11.3 Å². The molecule has 6 heteroatoms. The third kappa shape index (κ3) is 3.36. The number of nitriles is 1. The van der Waals surface area contributed by atoms with Crippen molar-refractivity contribution in [1.82, 2.24) is 4.40 Å².